The zero-order valence-corrected chi connectivity index (χ0v) is 6.75. The number of rotatable bonds is 2. The second kappa shape index (κ2) is 4.92. The van der Waals surface area contributed by atoms with Crippen molar-refractivity contribution in [3.63, 3.8) is 0 Å². The van der Waals surface area contributed by atoms with Crippen molar-refractivity contribution in [1.82, 2.24) is 0 Å². The van der Waals surface area contributed by atoms with Gasteiger partial charge in [-0.05, 0) is 5.56 Å². The van der Waals surface area contributed by atoms with Crippen LogP contribution in [0.5, 0.6) is 0 Å². The molecule has 0 spiro atoms. The third-order valence-electron chi connectivity index (χ3n) is 1.20. The number of hydrogen-bond acceptors (Lipinski definition) is 1. The predicted molar refractivity (Wildman–Crippen MR) is 37.8 cm³/mol. The van der Waals surface area contributed by atoms with Gasteiger partial charge < -0.3 is 5.11 Å². The van der Waals surface area contributed by atoms with E-state index in [9.17, 15) is 4.79 Å². The second-order valence-corrected chi connectivity index (χ2v) is 2.06. The summed E-state index contributed by atoms with van der Waals surface area (Å²) in [7, 11) is 0. The van der Waals surface area contributed by atoms with Crippen molar-refractivity contribution in [2.75, 3.05) is 0 Å². The van der Waals surface area contributed by atoms with Crippen molar-refractivity contribution in [3.05, 3.63) is 35.9 Å². The Morgan fingerprint density at radius 2 is 1.82 bits per heavy atom. The fourth-order valence-corrected chi connectivity index (χ4v) is 0.770. The van der Waals surface area contributed by atoms with Crippen molar-refractivity contribution >= 4 is 5.97 Å². The van der Waals surface area contributed by atoms with Crippen molar-refractivity contribution in [3.8, 4) is 0 Å². The first-order valence-electron chi connectivity index (χ1n) is 3.05. The molecule has 0 unspecified atom stereocenters. The van der Waals surface area contributed by atoms with Crippen LogP contribution in [0, 0.1) is 0 Å². The Morgan fingerprint density at radius 1 is 1.27 bits per heavy atom. The molecule has 0 heterocycles. The van der Waals surface area contributed by atoms with Crippen molar-refractivity contribution < 1.29 is 26.4 Å². The van der Waals surface area contributed by atoms with E-state index >= 15 is 0 Å². The molecular weight excluding hydrogens is 187 g/mol. The molecule has 0 bridgehead atoms. The first kappa shape index (κ1) is 10.2. The summed E-state index contributed by atoms with van der Waals surface area (Å²) >= 11 is 0. The molecule has 3 heteroatoms. The molecule has 0 aliphatic carbocycles. The number of hydrogen-bond donors (Lipinski definition) is 1. The Bertz CT molecular complexity index is 221. The van der Waals surface area contributed by atoms with Gasteiger partial charge in [0.15, 0.2) is 0 Å². The first-order chi connectivity index (χ1) is 4.79. The number of carboxylic acid groups (broad SMARTS) is 1. The molecule has 0 saturated heterocycles. The van der Waals surface area contributed by atoms with E-state index in [1.807, 2.05) is 18.2 Å². The molecule has 0 amide bonds. The monoisotopic (exact) mass is 194 g/mol. The summed E-state index contributed by atoms with van der Waals surface area (Å²) in [6.07, 6.45) is 0.112. The van der Waals surface area contributed by atoms with Crippen LogP contribution < -0.4 is 0 Å². The summed E-state index contributed by atoms with van der Waals surface area (Å²) < 4.78 is 0. The minimum Gasteiger partial charge on any atom is -0.481 e. The SMILES string of the molecule is O=C(O)Cc1ccccc1.[Ni]. The van der Waals surface area contributed by atoms with E-state index in [0.29, 0.717) is 0 Å². The molecule has 0 aromatic heterocycles. The van der Waals surface area contributed by atoms with Crippen LogP contribution in [0.3, 0.4) is 0 Å². The van der Waals surface area contributed by atoms with E-state index in [1.165, 1.54) is 0 Å². The average molecular weight is 195 g/mol. The molecule has 0 saturated carbocycles. The van der Waals surface area contributed by atoms with Gasteiger partial charge in [-0.3, -0.25) is 4.79 Å². The van der Waals surface area contributed by atoms with Crippen LogP contribution in [-0.4, -0.2) is 11.1 Å². The number of carbonyl (C=O) groups is 1. The van der Waals surface area contributed by atoms with E-state index in [1.54, 1.807) is 12.1 Å². The molecule has 1 aromatic carbocycles. The van der Waals surface area contributed by atoms with Crippen molar-refractivity contribution in [2.45, 2.75) is 6.42 Å². The standard InChI is InChI=1S/C8H8O2.Ni/c9-8(10)6-7-4-2-1-3-5-7;/h1-5H,6H2,(H,9,10);. The molecule has 0 fully saturated rings. The Balaban J connectivity index is 0.000001000. The van der Waals surface area contributed by atoms with E-state index in [0.717, 1.165) is 5.56 Å². The normalized spacial score (nSPS) is 8.36. The Hall–Kier alpha value is -0.816. The van der Waals surface area contributed by atoms with E-state index < -0.39 is 5.97 Å². The molecule has 0 atom stereocenters. The number of benzene rings is 1. The van der Waals surface area contributed by atoms with Gasteiger partial charge >= 0.3 is 5.97 Å². The third-order valence-corrected chi connectivity index (χ3v) is 1.20. The van der Waals surface area contributed by atoms with Gasteiger partial charge in [0.25, 0.3) is 0 Å². The zero-order chi connectivity index (χ0) is 7.40. The third kappa shape index (κ3) is 3.79. The van der Waals surface area contributed by atoms with Crippen LogP contribution in [0.2, 0.25) is 0 Å². The molecule has 1 aromatic rings. The van der Waals surface area contributed by atoms with Gasteiger partial charge in [0, 0.05) is 16.5 Å². The van der Waals surface area contributed by atoms with Gasteiger partial charge in [-0.25, -0.2) is 0 Å². The smallest absolute Gasteiger partial charge is 0.307 e. The van der Waals surface area contributed by atoms with Crippen molar-refractivity contribution in [2.24, 2.45) is 0 Å². The molecule has 1 rings (SSSR count). The molecule has 1 N–H and O–H groups in total. The van der Waals surface area contributed by atoms with Gasteiger partial charge in [-0.1, -0.05) is 30.3 Å². The summed E-state index contributed by atoms with van der Waals surface area (Å²) in [4.78, 5) is 10.2. The summed E-state index contributed by atoms with van der Waals surface area (Å²) in [5.74, 6) is -0.786. The van der Waals surface area contributed by atoms with E-state index in [-0.39, 0.29) is 22.9 Å². The molecule has 2 nitrogen and oxygen atoms in total. The van der Waals surface area contributed by atoms with Gasteiger partial charge in [0.1, 0.15) is 0 Å². The van der Waals surface area contributed by atoms with Crippen LogP contribution in [0.15, 0.2) is 30.3 Å². The molecular formula is C8H8NiO2. The number of aliphatic carboxylic acids is 1. The van der Waals surface area contributed by atoms with Gasteiger partial charge in [0.05, 0.1) is 6.42 Å². The predicted octanol–water partition coefficient (Wildman–Crippen LogP) is 1.31. The van der Waals surface area contributed by atoms with Crippen LogP contribution in [-0.2, 0) is 27.7 Å². The Kier molecular flexibility index (Phi) is 4.55. The fraction of sp³-hybridized carbons (Fsp3) is 0.125. The topological polar surface area (TPSA) is 37.3 Å². The fourth-order valence-electron chi connectivity index (χ4n) is 0.770. The van der Waals surface area contributed by atoms with Crippen LogP contribution in [0.25, 0.3) is 0 Å². The van der Waals surface area contributed by atoms with E-state index in [2.05, 4.69) is 0 Å². The molecule has 11 heavy (non-hydrogen) atoms. The van der Waals surface area contributed by atoms with Gasteiger partial charge in [0.2, 0.25) is 0 Å². The zero-order valence-electron chi connectivity index (χ0n) is 5.77. The summed E-state index contributed by atoms with van der Waals surface area (Å²) in [6, 6.07) is 9.13. The van der Waals surface area contributed by atoms with Crippen LogP contribution in [0.4, 0.5) is 0 Å². The molecule has 0 aliphatic heterocycles. The number of carboxylic acids is 1. The Labute approximate surface area is 75.2 Å². The summed E-state index contributed by atoms with van der Waals surface area (Å²) in [6.45, 7) is 0. The maximum absolute atomic E-state index is 10.2. The summed E-state index contributed by atoms with van der Waals surface area (Å²) in [5.41, 5.74) is 0.843. The molecule has 62 valence electrons. The Morgan fingerprint density at radius 3 is 2.27 bits per heavy atom. The van der Waals surface area contributed by atoms with E-state index in [4.69, 9.17) is 5.11 Å². The van der Waals surface area contributed by atoms with Crippen LogP contribution >= 0.6 is 0 Å². The van der Waals surface area contributed by atoms with Gasteiger partial charge in [-0.15, -0.1) is 0 Å². The first-order valence-corrected chi connectivity index (χ1v) is 3.05. The van der Waals surface area contributed by atoms with Crippen LogP contribution in [0.1, 0.15) is 5.56 Å². The van der Waals surface area contributed by atoms with Gasteiger partial charge in [-0.2, -0.15) is 0 Å². The summed E-state index contributed by atoms with van der Waals surface area (Å²) in [5, 5.41) is 8.37. The minimum atomic E-state index is -0.786. The largest absolute Gasteiger partial charge is 0.481 e. The second-order valence-electron chi connectivity index (χ2n) is 2.06. The quantitative estimate of drug-likeness (QED) is 0.722. The minimum absolute atomic E-state index is 0. The maximum atomic E-state index is 10.2. The molecule has 0 aliphatic rings. The average Bonchev–Trinajstić information content (AvgIpc) is 1.88. The van der Waals surface area contributed by atoms with Crippen molar-refractivity contribution in [1.29, 1.82) is 0 Å². The molecule has 0 radical (unpaired) electrons. The maximum Gasteiger partial charge on any atom is 0.307 e.